The Morgan fingerprint density at radius 1 is 0.974 bits per heavy atom. The first-order chi connectivity index (χ1) is 19.0. The minimum atomic E-state index is -0.363. The fourth-order valence-corrected chi connectivity index (χ4v) is 5.34. The Morgan fingerprint density at radius 2 is 1.74 bits per heavy atom. The smallest absolute Gasteiger partial charge is 0.364 e. The van der Waals surface area contributed by atoms with Crippen LogP contribution in [0, 0.1) is 0 Å². The van der Waals surface area contributed by atoms with Gasteiger partial charge in [-0.1, -0.05) is 36.4 Å². The molecule has 5 rings (SSSR count). The molecule has 0 aliphatic carbocycles. The molecule has 0 saturated heterocycles. The van der Waals surface area contributed by atoms with Crippen molar-refractivity contribution in [2.45, 2.75) is 38.6 Å². The highest BCUT2D eigenvalue weighted by atomic mass is 16.5. The van der Waals surface area contributed by atoms with E-state index in [2.05, 4.69) is 28.5 Å². The van der Waals surface area contributed by atoms with E-state index < -0.39 is 0 Å². The molecule has 3 aromatic carbocycles. The molecule has 1 aromatic heterocycles. The van der Waals surface area contributed by atoms with Gasteiger partial charge in [-0.15, -0.1) is 0 Å². The fourth-order valence-electron chi connectivity index (χ4n) is 5.34. The summed E-state index contributed by atoms with van der Waals surface area (Å²) in [7, 11) is 3.06. The van der Waals surface area contributed by atoms with Crippen molar-refractivity contribution in [3.05, 3.63) is 100 Å². The summed E-state index contributed by atoms with van der Waals surface area (Å²) in [5.74, 6) is 0.0984. The van der Waals surface area contributed by atoms with E-state index in [-0.39, 0.29) is 37.2 Å². The number of ether oxygens (including phenoxy) is 4. The Kier molecular flexibility index (Phi) is 7.95. The lowest BCUT2D eigenvalue weighted by molar-refractivity contribution is -0.712. The molecule has 1 aliphatic rings. The van der Waals surface area contributed by atoms with E-state index in [1.165, 1.54) is 7.11 Å². The topological polar surface area (TPSA) is 103 Å². The van der Waals surface area contributed by atoms with Gasteiger partial charge < -0.3 is 29.2 Å². The van der Waals surface area contributed by atoms with Crippen LogP contribution in [0.1, 0.15) is 51.3 Å². The quantitative estimate of drug-likeness (QED) is 0.320. The third-order valence-corrected chi connectivity index (χ3v) is 7.20. The normalized spacial score (nSPS) is 16.5. The van der Waals surface area contributed by atoms with E-state index >= 15 is 0 Å². The van der Waals surface area contributed by atoms with E-state index in [0.29, 0.717) is 24.3 Å². The highest BCUT2D eigenvalue weighted by Gasteiger charge is 2.38. The van der Waals surface area contributed by atoms with Crippen LogP contribution in [-0.2, 0) is 38.6 Å². The lowest BCUT2D eigenvalue weighted by Crippen LogP contribution is -2.94. The zero-order valence-corrected chi connectivity index (χ0v) is 22.4. The molecule has 3 N–H and O–H groups in total. The van der Waals surface area contributed by atoms with Gasteiger partial charge in [-0.3, -0.25) is 0 Å². The molecule has 0 saturated carbocycles. The monoisotopic (exact) mass is 529 g/mol. The number of rotatable bonds is 9. The number of benzene rings is 3. The molecule has 0 spiro atoms. The summed E-state index contributed by atoms with van der Waals surface area (Å²) >= 11 is 0. The zero-order valence-electron chi connectivity index (χ0n) is 22.4. The number of nitrogens with two attached hydrogens (primary N) is 1. The zero-order chi connectivity index (χ0) is 27.4. The number of aromatic amines is 1. The average molecular weight is 530 g/mol. The molecule has 2 atom stereocenters. The largest absolute Gasteiger partial charge is 0.496 e. The summed E-state index contributed by atoms with van der Waals surface area (Å²) in [5.41, 5.74) is 6.41. The van der Waals surface area contributed by atoms with Crippen LogP contribution in [0.15, 0.2) is 66.7 Å². The molecule has 39 heavy (non-hydrogen) atoms. The number of carbonyl (C=O) groups excluding carboxylic acids is 2. The maximum Gasteiger partial charge on any atom is 0.364 e. The third kappa shape index (κ3) is 5.39. The third-order valence-electron chi connectivity index (χ3n) is 7.20. The first kappa shape index (κ1) is 26.5. The highest BCUT2D eigenvalue weighted by Crippen LogP contribution is 2.34. The maximum absolute atomic E-state index is 12.6. The number of hydrogen-bond donors (Lipinski definition) is 2. The van der Waals surface area contributed by atoms with Gasteiger partial charge in [0.15, 0.2) is 12.1 Å². The minimum absolute atomic E-state index is 0.139. The van der Waals surface area contributed by atoms with Crippen molar-refractivity contribution in [2.24, 2.45) is 0 Å². The van der Waals surface area contributed by atoms with Crippen LogP contribution in [0.4, 0.5) is 0 Å². The molecule has 8 heteroatoms. The first-order valence-corrected chi connectivity index (χ1v) is 13.1. The van der Waals surface area contributed by atoms with Crippen LogP contribution in [0.2, 0.25) is 0 Å². The van der Waals surface area contributed by atoms with Crippen molar-refractivity contribution in [3.63, 3.8) is 0 Å². The molecule has 0 fully saturated rings. The van der Waals surface area contributed by atoms with Crippen LogP contribution < -0.4 is 10.1 Å². The molecule has 2 heterocycles. The maximum atomic E-state index is 12.6. The highest BCUT2D eigenvalue weighted by molar-refractivity contribution is 5.91. The number of carbonyl (C=O) groups is 2. The van der Waals surface area contributed by atoms with Crippen LogP contribution in [0.3, 0.4) is 0 Å². The van der Waals surface area contributed by atoms with Gasteiger partial charge in [0.05, 0.1) is 45.3 Å². The molecule has 1 aliphatic heterocycles. The Hall–Kier alpha value is -4.14. The van der Waals surface area contributed by atoms with E-state index in [1.54, 1.807) is 20.1 Å². The van der Waals surface area contributed by atoms with E-state index in [0.717, 1.165) is 38.9 Å². The van der Waals surface area contributed by atoms with Crippen molar-refractivity contribution in [3.8, 4) is 5.75 Å². The molecular weight excluding hydrogens is 496 g/mol. The summed E-state index contributed by atoms with van der Waals surface area (Å²) in [4.78, 5) is 28.6. The van der Waals surface area contributed by atoms with Gasteiger partial charge in [-0.2, -0.15) is 0 Å². The number of nitrogens with one attached hydrogen (secondary N) is 1. The molecule has 4 aromatic rings. The SMILES string of the molecule is CCOC(=O)c1ccccc1COCc1cc([C@H]2[NH2+][C@H](C(=O)OC)Cc3c2[nH]c2ccccc32)ccc1OC. The van der Waals surface area contributed by atoms with Crippen LogP contribution in [0.25, 0.3) is 10.9 Å². The predicted octanol–water partition coefficient (Wildman–Crippen LogP) is 3.82. The van der Waals surface area contributed by atoms with Gasteiger partial charge in [0.2, 0.25) is 0 Å². The number of para-hydroxylation sites is 1. The Balaban J connectivity index is 1.43. The Labute approximate surface area is 227 Å². The molecule has 202 valence electrons. The van der Waals surface area contributed by atoms with Gasteiger partial charge >= 0.3 is 11.9 Å². The van der Waals surface area contributed by atoms with Crippen molar-refractivity contribution >= 4 is 22.8 Å². The molecule has 0 amide bonds. The van der Waals surface area contributed by atoms with Gasteiger partial charge in [0.1, 0.15) is 5.75 Å². The standard InChI is InChI=1S/C31H32N2O6/c1-4-39-30(34)22-10-6-5-9-20(22)17-38-18-21-15-19(13-14-27(21)36-2)28-29-24(16-26(33-28)31(35)37-3)23-11-7-8-12-25(23)32-29/h5-15,26,28,32-33H,4,16-18H2,1-3H3/p+1/t26-,28+/m0/s1. The number of quaternary nitrogens is 1. The number of aromatic nitrogens is 1. The second-order valence-electron chi connectivity index (χ2n) is 9.51. The molecular formula is C31H33N2O6+. The van der Waals surface area contributed by atoms with E-state index in [1.807, 2.05) is 42.5 Å². The summed E-state index contributed by atoms with van der Waals surface area (Å²) in [6.45, 7) is 2.62. The number of esters is 2. The minimum Gasteiger partial charge on any atom is -0.496 e. The summed E-state index contributed by atoms with van der Waals surface area (Å²) < 4.78 is 22.0. The second-order valence-corrected chi connectivity index (χ2v) is 9.51. The molecule has 0 unspecified atom stereocenters. The van der Waals surface area contributed by atoms with Crippen molar-refractivity contribution in [1.29, 1.82) is 0 Å². The summed E-state index contributed by atoms with van der Waals surface area (Å²) in [6, 6.07) is 21.0. The molecule has 0 radical (unpaired) electrons. The van der Waals surface area contributed by atoms with Crippen molar-refractivity contribution < 1.29 is 33.9 Å². The summed E-state index contributed by atoms with van der Waals surface area (Å²) in [5, 5.41) is 3.18. The van der Waals surface area contributed by atoms with Crippen LogP contribution >= 0.6 is 0 Å². The Bertz CT molecular complexity index is 1490. The molecule has 0 bridgehead atoms. The lowest BCUT2D eigenvalue weighted by Gasteiger charge is -2.27. The number of hydrogen-bond acceptors (Lipinski definition) is 6. The van der Waals surface area contributed by atoms with Crippen LogP contribution in [0.5, 0.6) is 5.75 Å². The van der Waals surface area contributed by atoms with Gasteiger partial charge in [-0.05, 0) is 48.4 Å². The Morgan fingerprint density at radius 3 is 2.54 bits per heavy atom. The van der Waals surface area contributed by atoms with Gasteiger partial charge in [-0.25, -0.2) is 9.59 Å². The van der Waals surface area contributed by atoms with Gasteiger partial charge in [0, 0.05) is 28.5 Å². The number of methoxy groups -OCH3 is 2. The van der Waals surface area contributed by atoms with Crippen molar-refractivity contribution in [1.82, 2.24) is 4.98 Å². The van der Waals surface area contributed by atoms with Gasteiger partial charge in [0.25, 0.3) is 0 Å². The number of fused-ring (bicyclic) bond motifs is 3. The lowest BCUT2D eigenvalue weighted by atomic mass is 9.89. The number of H-pyrrole nitrogens is 1. The average Bonchev–Trinajstić information content (AvgIpc) is 3.35. The first-order valence-electron chi connectivity index (χ1n) is 13.1. The van der Waals surface area contributed by atoms with E-state index in [4.69, 9.17) is 18.9 Å². The second kappa shape index (κ2) is 11.7. The van der Waals surface area contributed by atoms with Crippen LogP contribution in [-0.4, -0.2) is 43.8 Å². The fraction of sp³-hybridized carbons (Fsp3) is 0.290. The summed E-state index contributed by atoms with van der Waals surface area (Å²) in [6.07, 6.45) is 0.592. The predicted molar refractivity (Wildman–Crippen MR) is 145 cm³/mol. The van der Waals surface area contributed by atoms with Crippen molar-refractivity contribution in [2.75, 3.05) is 20.8 Å². The molecule has 8 nitrogen and oxygen atoms in total. The van der Waals surface area contributed by atoms with E-state index in [9.17, 15) is 9.59 Å².